The van der Waals surface area contributed by atoms with Gasteiger partial charge in [-0.05, 0) is 12.8 Å². The van der Waals surface area contributed by atoms with E-state index >= 15 is 0 Å². The predicted octanol–water partition coefficient (Wildman–Crippen LogP) is 2.13. The van der Waals surface area contributed by atoms with Gasteiger partial charge in [0, 0.05) is 6.42 Å². The molecule has 0 spiro atoms. The first-order valence-corrected chi connectivity index (χ1v) is 4.94. The van der Waals surface area contributed by atoms with Gasteiger partial charge in [0.2, 0.25) is 0 Å². The molecule has 0 unspecified atom stereocenters. The first-order chi connectivity index (χ1) is 6.34. The third-order valence-corrected chi connectivity index (χ3v) is 2.43. The highest BCUT2D eigenvalue weighted by atomic mass is 16.5. The molecule has 0 radical (unpaired) electrons. The topological polar surface area (TPSA) is 26.3 Å². The van der Waals surface area contributed by atoms with E-state index in [0.717, 1.165) is 25.7 Å². The molecule has 1 aliphatic carbocycles. The number of hydrogen-bond acceptors (Lipinski definition) is 2. The van der Waals surface area contributed by atoms with Gasteiger partial charge in [-0.15, -0.1) is 12.3 Å². The smallest absolute Gasteiger partial charge is 0.308 e. The second-order valence-electron chi connectivity index (χ2n) is 3.46. The van der Waals surface area contributed by atoms with Gasteiger partial charge in [0.15, 0.2) is 0 Å². The molecule has 2 nitrogen and oxygen atoms in total. The van der Waals surface area contributed by atoms with Crippen molar-refractivity contribution in [3.8, 4) is 12.3 Å². The third-order valence-electron chi connectivity index (χ3n) is 2.43. The van der Waals surface area contributed by atoms with Crippen molar-refractivity contribution in [2.24, 2.45) is 5.92 Å². The number of esters is 1. The Labute approximate surface area is 79.7 Å². The SMILES string of the molecule is C#CCCOC(=O)C1CCCCC1. The van der Waals surface area contributed by atoms with Gasteiger partial charge in [-0.25, -0.2) is 0 Å². The van der Waals surface area contributed by atoms with Crippen LogP contribution in [-0.4, -0.2) is 12.6 Å². The molecular formula is C11H16O2. The second kappa shape index (κ2) is 5.64. The summed E-state index contributed by atoms with van der Waals surface area (Å²) in [5, 5.41) is 0. The minimum atomic E-state index is -0.0463. The summed E-state index contributed by atoms with van der Waals surface area (Å²) in [7, 11) is 0. The van der Waals surface area contributed by atoms with Crippen molar-refractivity contribution in [3.63, 3.8) is 0 Å². The van der Waals surface area contributed by atoms with Crippen molar-refractivity contribution in [3.05, 3.63) is 0 Å². The molecule has 0 aromatic heterocycles. The maximum atomic E-state index is 11.4. The van der Waals surface area contributed by atoms with Crippen LogP contribution in [0.25, 0.3) is 0 Å². The minimum Gasteiger partial charge on any atom is -0.464 e. The summed E-state index contributed by atoms with van der Waals surface area (Å²) in [4.78, 5) is 11.4. The second-order valence-corrected chi connectivity index (χ2v) is 3.46. The maximum absolute atomic E-state index is 11.4. The molecule has 0 aromatic rings. The van der Waals surface area contributed by atoms with Crippen LogP contribution in [0.4, 0.5) is 0 Å². The largest absolute Gasteiger partial charge is 0.464 e. The summed E-state index contributed by atoms with van der Waals surface area (Å²) >= 11 is 0. The normalized spacial score (nSPS) is 17.8. The van der Waals surface area contributed by atoms with Crippen LogP contribution >= 0.6 is 0 Å². The average Bonchev–Trinajstić information content (AvgIpc) is 2.19. The maximum Gasteiger partial charge on any atom is 0.308 e. The molecule has 0 N–H and O–H groups in total. The number of hydrogen-bond donors (Lipinski definition) is 0. The van der Waals surface area contributed by atoms with Gasteiger partial charge >= 0.3 is 5.97 Å². The Morgan fingerprint density at radius 1 is 1.38 bits per heavy atom. The van der Waals surface area contributed by atoms with Gasteiger partial charge in [-0.3, -0.25) is 4.79 Å². The molecule has 1 rings (SSSR count). The third kappa shape index (κ3) is 3.50. The van der Waals surface area contributed by atoms with Crippen LogP contribution in [0.1, 0.15) is 38.5 Å². The van der Waals surface area contributed by atoms with E-state index in [9.17, 15) is 4.79 Å². The van der Waals surface area contributed by atoms with Gasteiger partial charge in [0.05, 0.1) is 5.92 Å². The van der Waals surface area contributed by atoms with E-state index in [-0.39, 0.29) is 11.9 Å². The molecular weight excluding hydrogens is 164 g/mol. The number of terminal acetylenes is 1. The van der Waals surface area contributed by atoms with E-state index in [2.05, 4.69) is 5.92 Å². The van der Waals surface area contributed by atoms with E-state index in [1.807, 2.05) is 0 Å². The quantitative estimate of drug-likeness (QED) is 0.378. The summed E-state index contributed by atoms with van der Waals surface area (Å²) in [6, 6.07) is 0. The van der Waals surface area contributed by atoms with Crippen LogP contribution in [0.3, 0.4) is 0 Å². The highest BCUT2D eigenvalue weighted by molar-refractivity contribution is 5.72. The molecule has 0 amide bonds. The lowest BCUT2D eigenvalue weighted by Gasteiger charge is -2.19. The molecule has 72 valence electrons. The monoisotopic (exact) mass is 180 g/mol. The zero-order valence-electron chi connectivity index (χ0n) is 7.92. The van der Waals surface area contributed by atoms with Crippen molar-refractivity contribution in [1.29, 1.82) is 0 Å². The van der Waals surface area contributed by atoms with E-state index in [1.54, 1.807) is 0 Å². The number of rotatable bonds is 3. The Balaban J connectivity index is 2.18. The van der Waals surface area contributed by atoms with Crippen molar-refractivity contribution in [2.75, 3.05) is 6.61 Å². The van der Waals surface area contributed by atoms with Gasteiger partial charge in [-0.2, -0.15) is 0 Å². The Hall–Kier alpha value is -0.970. The van der Waals surface area contributed by atoms with Crippen LogP contribution < -0.4 is 0 Å². The van der Waals surface area contributed by atoms with Crippen LogP contribution in [0.15, 0.2) is 0 Å². The zero-order chi connectivity index (χ0) is 9.52. The summed E-state index contributed by atoms with van der Waals surface area (Å²) in [6.45, 7) is 0.381. The molecule has 0 bridgehead atoms. The number of carbonyl (C=O) groups is 1. The van der Waals surface area contributed by atoms with Crippen LogP contribution in [0.2, 0.25) is 0 Å². The molecule has 0 saturated heterocycles. The molecule has 2 heteroatoms. The first kappa shape index (κ1) is 10.1. The predicted molar refractivity (Wildman–Crippen MR) is 51.0 cm³/mol. The van der Waals surface area contributed by atoms with Gasteiger partial charge in [0.1, 0.15) is 6.61 Å². The van der Waals surface area contributed by atoms with E-state index in [0.29, 0.717) is 13.0 Å². The van der Waals surface area contributed by atoms with E-state index in [4.69, 9.17) is 11.2 Å². The molecule has 1 fully saturated rings. The summed E-state index contributed by atoms with van der Waals surface area (Å²) in [6.07, 6.45) is 11.1. The van der Waals surface area contributed by atoms with Gasteiger partial charge in [0.25, 0.3) is 0 Å². The van der Waals surface area contributed by atoms with Gasteiger partial charge < -0.3 is 4.74 Å². The highest BCUT2D eigenvalue weighted by Crippen LogP contribution is 2.24. The molecule has 0 atom stereocenters. The van der Waals surface area contributed by atoms with Crippen LogP contribution in [-0.2, 0) is 9.53 Å². The molecule has 13 heavy (non-hydrogen) atoms. The molecule has 0 aromatic carbocycles. The van der Waals surface area contributed by atoms with Crippen LogP contribution in [0, 0.1) is 18.3 Å². The van der Waals surface area contributed by atoms with E-state index in [1.165, 1.54) is 6.42 Å². The molecule has 0 heterocycles. The van der Waals surface area contributed by atoms with Crippen LogP contribution in [0.5, 0.6) is 0 Å². The number of carbonyl (C=O) groups excluding carboxylic acids is 1. The minimum absolute atomic E-state index is 0.0463. The highest BCUT2D eigenvalue weighted by Gasteiger charge is 2.21. The Bertz CT molecular complexity index is 197. The van der Waals surface area contributed by atoms with Crippen molar-refractivity contribution in [2.45, 2.75) is 38.5 Å². The number of ether oxygens (including phenoxy) is 1. The van der Waals surface area contributed by atoms with E-state index < -0.39 is 0 Å². The average molecular weight is 180 g/mol. The fraction of sp³-hybridized carbons (Fsp3) is 0.727. The standard InChI is InChI=1S/C11H16O2/c1-2-3-9-13-11(12)10-7-5-4-6-8-10/h1,10H,3-9H2. The fourth-order valence-electron chi connectivity index (χ4n) is 1.67. The van der Waals surface area contributed by atoms with Crippen molar-refractivity contribution in [1.82, 2.24) is 0 Å². The summed E-state index contributed by atoms with van der Waals surface area (Å²) in [5.41, 5.74) is 0. The van der Waals surface area contributed by atoms with Gasteiger partial charge in [-0.1, -0.05) is 19.3 Å². The lowest BCUT2D eigenvalue weighted by molar-refractivity contribution is -0.149. The lowest BCUT2D eigenvalue weighted by atomic mass is 9.89. The Kier molecular flexibility index (Phi) is 4.39. The van der Waals surface area contributed by atoms with Crippen molar-refractivity contribution < 1.29 is 9.53 Å². The Morgan fingerprint density at radius 2 is 2.08 bits per heavy atom. The summed E-state index contributed by atoms with van der Waals surface area (Å²) < 4.78 is 5.04. The zero-order valence-corrected chi connectivity index (χ0v) is 7.92. The molecule has 0 aliphatic heterocycles. The van der Waals surface area contributed by atoms with Crippen molar-refractivity contribution >= 4 is 5.97 Å². The summed E-state index contributed by atoms with van der Waals surface area (Å²) in [5.74, 6) is 2.55. The fourth-order valence-corrected chi connectivity index (χ4v) is 1.67. The Morgan fingerprint density at radius 3 is 2.69 bits per heavy atom. The lowest BCUT2D eigenvalue weighted by Crippen LogP contribution is -2.20. The molecule has 1 aliphatic rings. The molecule has 1 saturated carbocycles. The first-order valence-electron chi connectivity index (χ1n) is 4.94.